The number of benzene rings is 2. The maximum absolute atomic E-state index is 13.7. The Bertz CT molecular complexity index is 1230. The predicted octanol–water partition coefficient (Wildman–Crippen LogP) is 5.08. The van der Waals surface area contributed by atoms with Crippen molar-refractivity contribution >= 4 is 0 Å². The molecule has 0 saturated carbocycles. The molecule has 0 fully saturated rings. The van der Waals surface area contributed by atoms with Crippen molar-refractivity contribution in [1.29, 1.82) is 0 Å². The normalized spacial score (nSPS) is 15.5. The number of rotatable bonds is 5. The van der Waals surface area contributed by atoms with Crippen LogP contribution in [0.15, 0.2) is 61.1 Å². The summed E-state index contributed by atoms with van der Waals surface area (Å²) >= 11 is 0. The summed E-state index contributed by atoms with van der Waals surface area (Å²) in [6.07, 6.45) is 8.26. The molecule has 0 unspecified atom stereocenters. The number of hydrogen-bond acceptors (Lipinski definition) is 4. The van der Waals surface area contributed by atoms with E-state index in [4.69, 9.17) is 0 Å². The Labute approximate surface area is 185 Å². The first-order valence-electron chi connectivity index (χ1n) is 10.7. The number of fused-ring (bicyclic) bond motifs is 1. The second-order valence-corrected chi connectivity index (χ2v) is 8.14. The average molecular weight is 431 g/mol. The number of halogens is 2. The van der Waals surface area contributed by atoms with Crippen LogP contribution in [0.25, 0.3) is 17.1 Å². The van der Waals surface area contributed by atoms with E-state index in [2.05, 4.69) is 20.4 Å². The SMILES string of the molecule is Cc1ccccc1-c1ncc(CN[C@H]2CCCc3c2cnn3-c2cc(F)cc(F)c2)cn1. The number of nitrogens with zero attached hydrogens (tertiary/aromatic N) is 4. The molecule has 1 aliphatic carbocycles. The fourth-order valence-electron chi connectivity index (χ4n) is 4.30. The van der Waals surface area contributed by atoms with Gasteiger partial charge in [0.1, 0.15) is 11.6 Å². The van der Waals surface area contributed by atoms with Crippen LogP contribution >= 0.6 is 0 Å². The van der Waals surface area contributed by atoms with Gasteiger partial charge in [-0.2, -0.15) is 5.10 Å². The lowest BCUT2D eigenvalue weighted by Gasteiger charge is -2.24. The van der Waals surface area contributed by atoms with Crippen LogP contribution in [0.5, 0.6) is 0 Å². The maximum Gasteiger partial charge on any atom is 0.159 e. The molecule has 0 bridgehead atoms. The molecule has 0 saturated heterocycles. The highest BCUT2D eigenvalue weighted by Gasteiger charge is 2.25. The van der Waals surface area contributed by atoms with Crippen LogP contribution in [0.1, 0.15) is 41.3 Å². The molecule has 5 nitrogen and oxygen atoms in total. The van der Waals surface area contributed by atoms with Crippen molar-refractivity contribution in [2.45, 2.75) is 38.8 Å². The molecule has 0 amide bonds. The third-order valence-electron chi connectivity index (χ3n) is 5.92. The summed E-state index contributed by atoms with van der Waals surface area (Å²) in [6.45, 7) is 2.67. The summed E-state index contributed by atoms with van der Waals surface area (Å²) in [6, 6.07) is 11.7. The van der Waals surface area contributed by atoms with Gasteiger partial charge in [-0.15, -0.1) is 0 Å². The topological polar surface area (TPSA) is 55.6 Å². The Morgan fingerprint density at radius 1 is 1.03 bits per heavy atom. The van der Waals surface area contributed by atoms with Crippen LogP contribution < -0.4 is 5.32 Å². The van der Waals surface area contributed by atoms with E-state index < -0.39 is 11.6 Å². The van der Waals surface area contributed by atoms with Gasteiger partial charge < -0.3 is 5.32 Å². The van der Waals surface area contributed by atoms with Crippen LogP contribution in [0.2, 0.25) is 0 Å². The summed E-state index contributed by atoms with van der Waals surface area (Å²) in [7, 11) is 0. The molecule has 162 valence electrons. The molecule has 7 heteroatoms. The number of nitrogens with one attached hydrogen (secondary N) is 1. The summed E-state index contributed by atoms with van der Waals surface area (Å²) in [4.78, 5) is 9.08. The number of hydrogen-bond donors (Lipinski definition) is 1. The van der Waals surface area contributed by atoms with Gasteiger partial charge >= 0.3 is 0 Å². The van der Waals surface area contributed by atoms with E-state index in [-0.39, 0.29) is 6.04 Å². The first-order valence-corrected chi connectivity index (χ1v) is 10.7. The van der Waals surface area contributed by atoms with Crippen LogP contribution in [0.4, 0.5) is 8.78 Å². The van der Waals surface area contributed by atoms with Crippen LogP contribution in [-0.4, -0.2) is 19.7 Å². The molecule has 0 spiro atoms. The van der Waals surface area contributed by atoms with Crippen molar-refractivity contribution in [2.24, 2.45) is 0 Å². The molecule has 1 aliphatic rings. The average Bonchev–Trinajstić information content (AvgIpc) is 3.23. The van der Waals surface area contributed by atoms with E-state index in [1.54, 1.807) is 10.9 Å². The summed E-state index contributed by atoms with van der Waals surface area (Å²) in [5, 5.41) is 8.00. The third kappa shape index (κ3) is 4.03. The fourth-order valence-corrected chi connectivity index (χ4v) is 4.30. The van der Waals surface area contributed by atoms with Crippen molar-refractivity contribution in [1.82, 2.24) is 25.1 Å². The molecule has 32 heavy (non-hydrogen) atoms. The van der Waals surface area contributed by atoms with Crippen LogP contribution in [-0.2, 0) is 13.0 Å². The monoisotopic (exact) mass is 431 g/mol. The Balaban J connectivity index is 1.32. The summed E-state index contributed by atoms with van der Waals surface area (Å²) in [5.74, 6) is -0.497. The van der Waals surface area contributed by atoms with Crippen LogP contribution in [0.3, 0.4) is 0 Å². The van der Waals surface area contributed by atoms with Gasteiger partial charge in [-0.1, -0.05) is 24.3 Å². The molecule has 4 aromatic rings. The van der Waals surface area contributed by atoms with E-state index >= 15 is 0 Å². The minimum atomic E-state index is -0.608. The second kappa shape index (κ2) is 8.59. The first kappa shape index (κ1) is 20.5. The lowest BCUT2D eigenvalue weighted by atomic mass is 9.92. The Morgan fingerprint density at radius 2 is 1.78 bits per heavy atom. The quantitative estimate of drug-likeness (QED) is 0.479. The highest BCUT2D eigenvalue weighted by atomic mass is 19.1. The predicted molar refractivity (Wildman–Crippen MR) is 118 cm³/mol. The zero-order chi connectivity index (χ0) is 22.1. The summed E-state index contributed by atoms with van der Waals surface area (Å²) in [5.41, 5.74) is 5.63. The minimum Gasteiger partial charge on any atom is -0.306 e. The zero-order valence-corrected chi connectivity index (χ0v) is 17.7. The minimum absolute atomic E-state index is 0.113. The van der Waals surface area contributed by atoms with Gasteiger partial charge in [-0.05, 0) is 43.9 Å². The Hall–Kier alpha value is -3.45. The molecule has 2 heterocycles. The molecule has 0 aliphatic heterocycles. The number of aryl methyl sites for hydroxylation is 1. The summed E-state index contributed by atoms with van der Waals surface area (Å²) < 4.78 is 29.0. The molecular formula is C25H23F2N5. The molecular weight excluding hydrogens is 408 g/mol. The lowest BCUT2D eigenvalue weighted by molar-refractivity contribution is 0.454. The highest BCUT2D eigenvalue weighted by Crippen LogP contribution is 2.31. The smallest absolute Gasteiger partial charge is 0.159 e. The Kier molecular flexibility index (Phi) is 5.49. The van der Waals surface area contributed by atoms with Gasteiger partial charge in [0.05, 0.1) is 11.9 Å². The van der Waals surface area contributed by atoms with Gasteiger partial charge in [0, 0.05) is 53.4 Å². The van der Waals surface area contributed by atoms with Crippen molar-refractivity contribution in [3.63, 3.8) is 0 Å². The van der Waals surface area contributed by atoms with Gasteiger partial charge in [-0.25, -0.2) is 23.4 Å². The fraction of sp³-hybridized carbons (Fsp3) is 0.240. The van der Waals surface area contributed by atoms with Gasteiger partial charge in [0.2, 0.25) is 0 Å². The van der Waals surface area contributed by atoms with Gasteiger partial charge in [0.25, 0.3) is 0 Å². The standard InChI is InChI=1S/C25H23F2N5/c1-16-5-2-3-6-21(16)25-29-13-17(14-30-25)12-28-23-7-4-8-24-22(23)15-31-32(24)20-10-18(26)9-19(27)11-20/h2-3,5-6,9-11,13-15,23,28H,4,7-8,12H2,1H3/t23-/m0/s1. The molecule has 2 aromatic carbocycles. The van der Waals surface area contributed by atoms with E-state index in [9.17, 15) is 8.78 Å². The highest BCUT2D eigenvalue weighted by molar-refractivity contribution is 5.59. The van der Waals surface area contributed by atoms with Crippen LogP contribution in [0, 0.1) is 18.6 Å². The molecule has 0 radical (unpaired) electrons. The Morgan fingerprint density at radius 3 is 2.53 bits per heavy atom. The molecule has 5 rings (SSSR count). The maximum atomic E-state index is 13.7. The molecule has 2 aromatic heterocycles. The lowest BCUT2D eigenvalue weighted by Crippen LogP contribution is -2.25. The second-order valence-electron chi connectivity index (χ2n) is 8.14. The number of aromatic nitrogens is 4. The van der Waals surface area contributed by atoms with Crippen molar-refractivity contribution in [3.8, 4) is 17.1 Å². The largest absolute Gasteiger partial charge is 0.306 e. The van der Waals surface area contributed by atoms with Crippen molar-refractivity contribution in [3.05, 3.63) is 95.1 Å². The van der Waals surface area contributed by atoms with E-state index in [0.29, 0.717) is 12.2 Å². The third-order valence-corrected chi connectivity index (χ3v) is 5.92. The molecule has 1 atom stereocenters. The van der Waals surface area contributed by atoms with Gasteiger partial charge in [-0.3, -0.25) is 0 Å². The van der Waals surface area contributed by atoms with Crippen molar-refractivity contribution in [2.75, 3.05) is 0 Å². The van der Waals surface area contributed by atoms with Crippen molar-refractivity contribution < 1.29 is 8.78 Å². The zero-order valence-electron chi connectivity index (χ0n) is 17.7. The first-order chi connectivity index (χ1) is 15.6. The van der Waals surface area contributed by atoms with E-state index in [1.165, 1.54) is 12.1 Å². The van der Waals surface area contributed by atoms with Gasteiger partial charge in [0.15, 0.2) is 5.82 Å². The molecule has 1 N–H and O–H groups in total. The van der Waals surface area contributed by atoms with E-state index in [1.807, 2.05) is 43.6 Å². The van der Waals surface area contributed by atoms with E-state index in [0.717, 1.165) is 59.1 Å².